The third-order valence-corrected chi connectivity index (χ3v) is 4.88. The number of β-amino-alcohol motifs (C(OH)–C–C–N with tert-alkyl or cyclic N) is 1. The topological polar surface area (TPSA) is 77.4 Å². The fourth-order valence-electron chi connectivity index (χ4n) is 3.16. The summed E-state index contributed by atoms with van der Waals surface area (Å²) in [6.07, 6.45) is 2.21. The quantitative estimate of drug-likeness (QED) is 0.842. The van der Waals surface area contributed by atoms with Crippen LogP contribution < -0.4 is 10.2 Å². The predicted octanol–water partition coefficient (Wildman–Crippen LogP) is 1.60. The van der Waals surface area contributed by atoms with Crippen LogP contribution in [-0.2, 0) is 6.54 Å². The van der Waals surface area contributed by atoms with Gasteiger partial charge in [-0.15, -0.1) is 0 Å². The summed E-state index contributed by atoms with van der Waals surface area (Å²) in [6.45, 7) is 6.30. The van der Waals surface area contributed by atoms with E-state index in [0.717, 1.165) is 42.3 Å². The first kappa shape index (κ1) is 18.5. The molecule has 0 aliphatic carbocycles. The summed E-state index contributed by atoms with van der Waals surface area (Å²) in [5.74, 6) is 1.49. The van der Waals surface area contributed by atoms with Crippen LogP contribution in [-0.4, -0.2) is 64.3 Å². The first-order valence-corrected chi connectivity index (χ1v) is 9.03. The Balaban J connectivity index is 1.65. The molecule has 3 heterocycles. The molecule has 7 heteroatoms. The van der Waals surface area contributed by atoms with Gasteiger partial charge in [-0.1, -0.05) is 6.07 Å². The number of hydrogen-bond donors (Lipinski definition) is 2. The zero-order valence-corrected chi connectivity index (χ0v) is 16.0. The Kier molecular flexibility index (Phi) is 5.68. The molecule has 0 amide bonds. The number of aryl methyl sites for hydroxylation is 1. The Morgan fingerprint density at radius 1 is 1.27 bits per heavy atom. The number of pyridine rings is 1. The van der Waals surface area contributed by atoms with Gasteiger partial charge in [-0.25, -0.2) is 4.98 Å². The predicted molar refractivity (Wildman–Crippen MR) is 103 cm³/mol. The monoisotopic (exact) mass is 356 g/mol. The van der Waals surface area contributed by atoms with Crippen LogP contribution in [0.4, 0.5) is 11.8 Å². The largest absolute Gasteiger partial charge is 0.390 e. The second-order valence-electron chi connectivity index (χ2n) is 7.14. The van der Waals surface area contributed by atoms with Gasteiger partial charge in [0.25, 0.3) is 0 Å². The maximum Gasteiger partial charge on any atom is 0.227 e. The molecule has 0 radical (unpaired) electrons. The number of anilines is 2. The highest BCUT2D eigenvalue weighted by Crippen LogP contribution is 2.22. The Morgan fingerprint density at radius 2 is 2.08 bits per heavy atom. The maximum absolute atomic E-state index is 10.6. The van der Waals surface area contributed by atoms with E-state index in [0.29, 0.717) is 12.5 Å². The number of aliphatic hydroxyl groups excluding tert-OH is 1. The summed E-state index contributed by atoms with van der Waals surface area (Å²) in [7, 11) is 3.86. The molecule has 0 aromatic carbocycles. The molecule has 140 valence electrons. The van der Waals surface area contributed by atoms with E-state index in [9.17, 15) is 5.11 Å². The van der Waals surface area contributed by atoms with E-state index in [1.165, 1.54) is 0 Å². The minimum absolute atomic E-state index is 0.0157. The molecule has 0 spiro atoms. The van der Waals surface area contributed by atoms with E-state index >= 15 is 0 Å². The van der Waals surface area contributed by atoms with Gasteiger partial charge in [0.2, 0.25) is 5.95 Å². The molecule has 7 nitrogen and oxygen atoms in total. The third-order valence-electron chi connectivity index (χ3n) is 4.88. The Bertz CT molecular complexity index is 736. The van der Waals surface area contributed by atoms with Crippen molar-refractivity contribution in [1.29, 1.82) is 0 Å². The van der Waals surface area contributed by atoms with Gasteiger partial charge in [0.15, 0.2) is 0 Å². The van der Waals surface area contributed by atoms with Crippen molar-refractivity contribution in [3.63, 3.8) is 0 Å². The molecule has 1 aliphatic heterocycles. The van der Waals surface area contributed by atoms with Crippen LogP contribution in [0.15, 0.2) is 24.4 Å². The van der Waals surface area contributed by atoms with Crippen molar-refractivity contribution in [2.24, 2.45) is 0 Å². The number of nitrogens with one attached hydrogen (secondary N) is 1. The molecule has 0 unspecified atom stereocenters. The molecule has 1 fully saturated rings. The van der Waals surface area contributed by atoms with Crippen LogP contribution in [0.1, 0.15) is 23.4 Å². The Morgan fingerprint density at radius 3 is 2.73 bits per heavy atom. The Hall–Kier alpha value is -2.25. The second-order valence-corrected chi connectivity index (χ2v) is 7.14. The number of likely N-dealkylation sites (tertiary alicyclic amines) is 1. The lowest BCUT2D eigenvalue weighted by Crippen LogP contribution is -2.49. The summed E-state index contributed by atoms with van der Waals surface area (Å²) in [4.78, 5) is 17.6. The number of aromatic nitrogens is 3. The minimum Gasteiger partial charge on any atom is -0.390 e. The van der Waals surface area contributed by atoms with Crippen LogP contribution in [0.25, 0.3) is 0 Å². The van der Waals surface area contributed by atoms with E-state index in [2.05, 4.69) is 25.2 Å². The Labute approximate surface area is 155 Å². The molecular weight excluding hydrogens is 328 g/mol. The standard InChI is InChI=1S/C19H28N6O/c1-13-14(2)21-19(24(3)4)23-18(13)22-16-8-10-25(12-17(16)26)11-15-7-5-6-9-20-15/h5-7,9,16-17,26H,8,10-12H2,1-4H3,(H,21,22,23)/t16-,17-/m0/s1. The molecule has 1 saturated heterocycles. The number of aliphatic hydroxyl groups is 1. The van der Waals surface area contributed by atoms with Gasteiger partial charge in [0.1, 0.15) is 5.82 Å². The lowest BCUT2D eigenvalue weighted by molar-refractivity contribution is 0.0554. The second kappa shape index (κ2) is 7.97. The molecule has 2 N–H and O–H groups in total. The van der Waals surface area contributed by atoms with Crippen LogP contribution in [0.5, 0.6) is 0 Å². The van der Waals surface area contributed by atoms with Gasteiger partial charge in [-0.2, -0.15) is 4.98 Å². The average molecular weight is 356 g/mol. The first-order valence-electron chi connectivity index (χ1n) is 9.03. The van der Waals surface area contributed by atoms with Gasteiger partial charge in [-0.3, -0.25) is 9.88 Å². The zero-order valence-electron chi connectivity index (χ0n) is 16.0. The molecule has 2 aromatic rings. The average Bonchev–Trinajstić information content (AvgIpc) is 2.61. The smallest absolute Gasteiger partial charge is 0.227 e. The first-order chi connectivity index (χ1) is 12.4. The van der Waals surface area contributed by atoms with Crippen molar-refractivity contribution in [2.75, 3.05) is 37.4 Å². The summed E-state index contributed by atoms with van der Waals surface area (Å²) >= 11 is 0. The molecule has 2 aromatic heterocycles. The van der Waals surface area contributed by atoms with Gasteiger partial charge >= 0.3 is 0 Å². The lowest BCUT2D eigenvalue weighted by atomic mass is 10.0. The molecule has 0 bridgehead atoms. The van der Waals surface area contributed by atoms with Crippen molar-refractivity contribution in [3.05, 3.63) is 41.3 Å². The highest BCUT2D eigenvalue weighted by molar-refractivity contribution is 5.51. The molecule has 0 saturated carbocycles. The van der Waals surface area contributed by atoms with Crippen LogP contribution in [0.2, 0.25) is 0 Å². The molecule has 26 heavy (non-hydrogen) atoms. The van der Waals surface area contributed by atoms with Crippen molar-refractivity contribution in [2.45, 2.75) is 39.0 Å². The third kappa shape index (κ3) is 4.28. The fraction of sp³-hybridized carbons (Fsp3) is 0.526. The summed E-state index contributed by atoms with van der Waals surface area (Å²) < 4.78 is 0. The van der Waals surface area contributed by atoms with Crippen molar-refractivity contribution in [3.8, 4) is 0 Å². The van der Waals surface area contributed by atoms with Crippen molar-refractivity contribution in [1.82, 2.24) is 19.9 Å². The SMILES string of the molecule is Cc1nc(N(C)C)nc(N[C@H]2CCN(Cc3ccccn3)C[C@@H]2O)c1C. The van der Waals surface area contributed by atoms with E-state index in [-0.39, 0.29) is 6.04 Å². The molecule has 1 aliphatic rings. The minimum atomic E-state index is -0.454. The van der Waals surface area contributed by atoms with Crippen LogP contribution in [0, 0.1) is 13.8 Å². The van der Waals surface area contributed by atoms with Crippen LogP contribution in [0.3, 0.4) is 0 Å². The van der Waals surface area contributed by atoms with Crippen molar-refractivity contribution < 1.29 is 5.11 Å². The molecule has 2 atom stereocenters. The molecule has 3 rings (SSSR count). The highest BCUT2D eigenvalue weighted by atomic mass is 16.3. The maximum atomic E-state index is 10.6. The van der Waals surface area contributed by atoms with Crippen LogP contribution >= 0.6 is 0 Å². The van der Waals surface area contributed by atoms with Gasteiger partial charge in [0, 0.05) is 51.2 Å². The number of rotatable bonds is 5. The zero-order chi connectivity index (χ0) is 18.7. The molecular formula is C19H28N6O. The summed E-state index contributed by atoms with van der Waals surface area (Å²) in [6, 6.07) is 5.92. The van der Waals surface area contributed by atoms with E-state index in [1.807, 2.05) is 57.2 Å². The number of hydrogen-bond acceptors (Lipinski definition) is 7. The number of piperidine rings is 1. The van der Waals surface area contributed by atoms with Gasteiger partial charge in [-0.05, 0) is 32.4 Å². The summed E-state index contributed by atoms with van der Waals surface area (Å²) in [5.41, 5.74) is 3.01. The number of nitrogens with zero attached hydrogens (tertiary/aromatic N) is 5. The normalized spacial score (nSPS) is 20.8. The lowest BCUT2D eigenvalue weighted by Gasteiger charge is -2.36. The van der Waals surface area contributed by atoms with Gasteiger partial charge in [0.05, 0.1) is 17.8 Å². The van der Waals surface area contributed by atoms with E-state index in [4.69, 9.17) is 0 Å². The van der Waals surface area contributed by atoms with Gasteiger partial charge < -0.3 is 15.3 Å². The van der Waals surface area contributed by atoms with Crippen molar-refractivity contribution >= 4 is 11.8 Å². The highest BCUT2D eigenvalue weighted by Gasteiger charge is 2.28. The van der Waals surface area contributed by atoms with E-state index < -0.39 is 6.10 Å². The summed E-state index contributed by atoms with van der Waals surface area (Å²) in [5, 5.41) is 14.1. The van der Waals surface area contributed by atoms with E-state index in [1.54, 1.807) is 0 Å². The fourth-order valence-corrected chi connectivity index (χ4v) is 3.16.